The molecule has 3 rings (SSSR count). The van der Waals surface area contributed by atoms with Crippen LogP contribution in [0.1, 0.15) is 10.4 Å². The van der Waals surface area contributed by atoms with Gasteiger partial charge < -0.3 is 15.0 Å². The summed E-state index contributed by atoms with van der Waals surface area (Å²) >= 11 is 0. The summed E-state index contributed by atoms with van der Waals surface area (Å²) in [6.45, 7) is 3.00. The van der Waals surface area contributed by atoms with Crippen molar-refractivity contribution in [1.29, 1.82) is 0 Å². The van der Waals surface area contributed by atoms with Crippen molar-refractivity contribution in [2.24, 2.45) is 0 Å². The molecule has 1 aliphatic rings. The standard InChI is InChI=1S/C17H20N2O2/c1-19(12-14-11-18-9-10-21-14)17(20)16-8-4-6-13-5-2-3-7-15(13)16/h2-8,14,18H,9-12H2,1H3. The zero-order valence-corrected chi connectivity index (χ0v) is 12.2. The molecule has 0 aliphatic carbocycles. The van der Waals surface area contributed by atoms with Crippen molar-refractivity contribution in [1.82, 2.24) is 10.2 Å². The Bertz CT molecular complexity index is 630. The Kier molecular flexibility index (Phi) is 4.18. The number of ether oxygens (including phenoxy) is 1. The quantitative estimate of drug-likeness (QED) is 0.936. The number of amides is 1. The molecule has 0 aromatic heterocycles. The number of hydrogen-bond donors (Lipinski definition) is 1. The van der Waals surface area contributed by atoms with Gasteiger partial charge in [-0.2, -0.15) is 0 Å². The van der Waals surface area contributed by atoms with E-state index in [1.165, 1.54) is 0 Å². The maximum Gasteiger partial charge on any atom is 0.254 e. The summed E-state index contributed by atoms with van der Waals surface area (Å²) in [6, 6.07) is 13.8. The molecule has 1 atom stereocenters. The maximum absolute atomic E-state index is 12.7. The number of morpholine rings is 1. The molecule has 0 bridgehead atoms. The first-order chi connectivity index (χ1) is 10.3. The summed E-state index contributed by atoms with van der Waals surface area (Å²) in [7, 11) is 1.84. The maximum atomic E-state index is 12.7. The Morgan fingerprint density at radius 2 is 2.10 bits per heavy atom. The largest absolute Gasteiger partial charge is 0.374 e. The first-order valence-electron chi connectivity index (χ1n) is 7.31. The van der Waals surface area contributed by atoms with Crippen LogP contribution in [0.5, 0.6) is 0 Å². The molecule has 0 radical (unpaired) electrons. The molecule has 1 saturated heterocycles. The summed E-state index contributed by atoms with van der Waals surface area (Å²) in [5.74, 6) is 0.0426. The van der Waals surface area contributed by atoms with Gasteiger partial charge in [-0.25, -0.2) is 0 Å². The number of likely N-dealkylation sites (N-methyl/N-ethyl adjacent to an activating group) is 1. The molecule has 2 aromatic carbocycles. The molecular formula is C17H20N2O2. The molecule has 4 nitrogen and oxygen atoms in total. The first-order valence-corrected chi connectivity index (χ1v) is 7.31. The van der Waals surface area contributed by atoms with E-state index >= 15 is 0 Å². The molecule has 2 aromatic rings. The smallest absolute Gasteiger partial charge is 0.254 e. The number of hydrogen-bond acceptors (Lipinski definition) is 3. The van der Waals surface area contributed by atoms with Gasteiger partial charge >= 0.3 is 0 Å². The van der Waals surface area contributed by atoms with Gasteiger partial charge in [0, 0.05) is 32.2 Å². The predicted molar refractivity (Wildman–Crippen MR) is 83.5 cm³/mol. The number of carbonyl (C=O) groups is 1. The van der Waals surface area contributed by atoms with E-state index in [9.17, 15) is 4.79 Å². The van der Waals surface area contributed by atoms with Gasteiger partial charge in [-0.15, -0.1) is 0 Å². The van der Waals surface area contributed by atoms with Crippen LogP contribution < -0.4 is 5.32 Å². The minimum Gasteiger partial charge on any atom is -0.374 e. The third-order valence-electron chi connectivity index (χ3n) is 3.85. The van der Waals surface area contributed by atoms with Crippen LogP contribution in [0.3, 0.4) is 0 Å². The van der Waals surface area contributed by atoms with Crippen LogP contribution in [0.4, 0.5) is 0 Å². The Morgan fingerprint density at radius 3 is 2.90 bits per heavy atom. The lowest BCUT2D eigenvalue weighted by molar-refractivity contribution is 0.0104. The van der Waals surface area contributed by atoms with Crippen molar-refractivity contribution in [3.63, 3.8) is 0 Å². The number of benzene rings is 2. The molecule has 110 valence electrons. The van der Waals surface area contributed by atoms with Crippen LogP contribution in [0.2, 0.25) is 0 Å². The second-order valence-corrected chi connectivity index (χ2v) is 5.41. The number of nitrogens with one attached hydrogen (secondary N) is 1. The van der Waals surface area contributed by atoms with Crippen LogP contribution in [0, 0.1) is 0 Å². The van der Waals surface area contributed by atoms with Gasteiger partial charge in [0.15, 0.2) is 0 Å². The predicted octanol–water partition coefficient (Wildman–Crippen LogP) is 1.90. The van der Waals surface area contributed by atoms with Gasteiger partial charge in [0.1, 0.15) is 0 Å². The van der Waals surface area contributed by atoms with Crippen molar-refractivity contribution in [3.05, 3.63) is 48.0 Å². The third kappa shape index (κ3) is 3.06. The topological polar surface area (TPSA) is 41.6 Å². The third-order valence-corrected chi connectivity index (χ3v) is 3.85. The van der Waals surface area contributed by atoms with Gasteiger partial charge in [-0.1, -0.05) is 36.4 Å². The van der Waals surface area contributed by atoms with Crippen molar-refractivity contribution < 1.29 is 9.53 Å². The minimum atomic E-state index is 0.0426. The van der Waals surface area contributed by atoms with Gasteiger partial charge in [0.25, 0.3) is 5.91 Å². The molecule has 1 fully saturated rings. The lowest BCUT2D eigenvalue weighted by Gasteiger charge is -2.28. The van der Waals surface area contributed by atoms with Gasteiger partial charge in [0.2, 0.25) is 0 Å². The van der Waals surface area contributed by atoms with Gasteiger partial charge in [-0.05, 0) is 16.8 Å². The molecular weight excluding hydrogens is 264 g/mol. The number of nitrogens with zero attached hydrogens (tertiary/aromatic N) is 1. The Balaban J connectivity index is 1.79. The Labute approximate surface area is 124 Å². The van der Waals surface area contributed by atoms with Gasteiger partial charge in [-0.3, -0.25) is 4.79 Å². The number of carbonyl (C=O) groups excluding carboxylic acids is 1. The van der Waals surface area contributed by atoms with Crippen LogP contribution in [-0.4, -0.2) is 50.2 Å². The van der Waals surface area contributed by atoms with Crippen LogP contribution >= 0.6 is 0 Å². The van der Waals surface area contributed by atoms with E-state index in [-0.39, 0.29) is 12.0 Å². The summed E-state index contributed by atoms with van der Waals surface area (Å²) < 4.78 is 5.67. The zero-order valence-electron chi connectivity index (χ0n) is 12.2. The highest BCUT2D eigenvalue weighted by atomic mass is 16.5. The Hall–Kier alpha value is -1.91. The van der Waals surface area contributed by atoms with Crippen LogP contribution in [0.25, 0.3) is 10.8 Å². The second kappa shape index (κ2) is 6.24. The molecule has 1 unspecified atom stereocenters. The molecule has 0 saturated carbocycles. The number of rotatable bonds is 3. The first kappa shape index (κ1) is 14.0. The van der Waals surface area contributed by atoms with E-state index in [1.807, 2.05) is 49.5 Å². The van der Waals surface area contributed by atoms with Crippen molar-refractivity contribution in [3.8, 4) is 0 Å². The van der Waals surface area contributed by atoms with Crippen LogP contribution in [-0.2, 0) is 4.74 Å². The van der Waals surface area contributed by atoms with Crippen molar-refractivity contribution in [2.45, 2.75) is 6.10 Å². The molecule has 1 N–H and O–H groups in total. The highest BCUT2D eigenvalue weighted by Gasteiger charge is 2.20. The van der Waals surface area contributed by atoms with Crippen molar-refractivity contribution in [2.75, 3.05) is 33.3 Å². The fraction of sp³-hybridized carbons (Fsp3) is 0.353. The van der Waals surface area contributed by atoms with Gasteiger partial charge in [0.05, 0.1) is 12.7 Å². The number of fused-ring (bicyclic) bond motifs is 1. The fourth-order valence-electron chi connectivity index (χ4n) is 2.74. The lowest BCUT2D eigenvalue weighted by atomic mass is 10.0. The molecule has 0 spiro atoms. The second-order valence-electron chi connectivity index (χ2n) is 5.41. The summed E-state index contributed by atoms with van der Waals surface area (Å²) in [5.41, 5.74) is 0.749. The van der Waals surface area contributed by atoms with E-state index in [0.717, 1.165) is 29.4 Å². The zero-order chi connectivity index (χ0) is 14.7. The van der Waals surface area contributed by atoms with E-state index in [0.29, 0.717) is 13.2 Å². The van der Waals surface area contributed by atoms with E-state index in [2.05, 4.69) is 5.32 Å². The summed E-state index contributed by atoms with van der Waals surface area (Å²) in [4.78, 5) is 14.4. The van der Waals surface area contributed by atoms with E-state index in [4.69, 9.17) is 4.74 Å². The SMILES string of the molecule is CN(CC1CNCCO1)C(=O)c1cccc2ccccc12. The average molecular weight is 284 g/mol. The minimum absolute atomic E-state index is 0.0426. The molecule has 1 amide bonds. The van der Waals surface area contributed by atoms with Crippen molar-refractivity contribution >= 4 is 16.7 Å². The molecule has 1 heterocycles. The highest BCUT2D eigenvalue weighted by molar-refractivity contribution is 6.06. The average Bonchev–Trinajstić information content (AvgIpc) is 2.54. The molecule has 1 aliphatic heterocycles. The normalized spacial score (nSPS) is 18.6. The highest BCUT2D eigenvalue weighted by Crippen LogP contribution is 2.19. The van der Waals surface area contributed by atoms with E-state index in [1.54, 1.807) is 4.90 Å². The fourth-order valence-corrected chi connectivity index (χ4v) is 2.74. The molecule has 21 heavy (non-hydrogen) atoms. The lowest BCUT2D eigenvalue weighted by Crippen LogP contribution is -2.45. The Morgan fingerprint density at radius 1 is 1.29 bits per heavy atom. The summed E-state index contributed by atoms with van der Waals surface area (Å²) in [6.07, 6.45) is 0.0719. The molecule has 4 heteroatoms. The summed E-state index contributed by atoms with van der Waals surface area (Å²) in [5, 5.41) is 5.38. The van der Waals surface area contributed by atoms with Crippen LogP contribution in [0.15, 0.2) is 42.5 Å². The van der Waals surface area contributed by atoms with E-state index < -0.39 is 0 Å². The monoisotopic (exact) mass is 284 g/mol.